The van der Waals surface area contributed by atoms with Crippen LogP contribution in [0.15, 0.2) is 58.0 Å². The molecule has 0 spiro atoms. The van der Waals surface area contributed by atoms with Crippen LogP contribution in [-0.4, -0.2) is 5.12 Å². The summed E-state index contributed by atoms with van der Waals surface area (Å²) < 4.78 is 5.00. The predicted octanol–water partition coefficient (Wildman–Crippen LogP) is 3.21. The minimum absolute atomic E-state index is 0.0683. The van der Waals surface area contributed by atoms with Gasteiger partial charge in [-0.3, -0.25) is 4.79 Å². The fourth-order valence-corrected chi connectivity index (χ4v) is 1.76. The third-order valence-electron chi connectivity index (χ3n) is 1.68. The molecule has 1 aromatic carbocycles. The Morgan fingerprint density at radius 1 is 1.07 bits per heavy atom. The lowest BCUT2D eigenvalue weighted by Crippen LogP contribution is -1.89. The number of rotatable bonds is 2. The van der Waals surface area contributed by atoms with Gasteiger partial charge in [-0.25, -0.2) is 0 Å². The second-order valence-corrected chi connectivity index (χ2v) is 3.73. The van der Waals surface area contributed by atoms with E-state index in [2.05, 4.69) is 0 Å². The molecule has 14 heavy (non-hydrogen) atoms. The maximum absolute atomic E-state index is 11.5. The van der Waals surface area contributed by atoms with E-state index in [0.29, 0.717) is 5.76 Å². The number of carbonyl (C=O) groups is 1. The van der Waals surface area contributed by atoms with Gasteiger partial charge in [-0.1, -0.05) is 18.2 Å². The van der Waals surface area contributed by atoms with Crippen molar-refractivity contribution in [2.45, 2.75) is 4.90 Å². The van der Waals surface area contributed by atoms with Crippen molar-refractivity contribution in [3.05, 3.63) is 54.5 Å². The fraction of sp³-hybridized carbons (Fsp3) is 0. The van der Waals surface area contributed by atoms with Crippen molar-refractivity contribution in [2.24, 2.45) is 0 Å². The molecule has 0 bridgehead atoms. The Hall–Kier alpha value is -1.48. The average Bonchev–Trinajstić information content (AvgIpc) is 2.72. The molecule has 0 saturated heterocycles. The summed E-state index contributed by atoms with van der Waals surface area (Å²) in [6, 6.07) is 12.9. The minimum atomic E-state index is -0.0683. The number of benzene rings is 1. The minimum Gasteiger partial charge on any atom is -0.460 e. The molecule has 1 aromatic heterocycles. The van der Waals surface area contributed by atoms with E-state index in [1.807, 2.05) is 30.3 Å². The van der Waals surface area contributed by atoms with Crippen LogP contribution in [0, 0.1) is 0 Å². The molecule has 0 saturated carbocycles. The Bertz CT molecular complexity index is 406. The summed E-state index contributed by atoms with van der Waals surface area (Å²) in [6.07, 6.45) is 1.50. The molecule has 0 aliphatic carbocycles. The third kappa shape index (κ3) is 2.06. The predicted molar refractivity (Wildman–Crippen MR) is 55.3 cm³/mol. The summed E-state index contributed by atoms with van der Waals surface area (Å²) >= 11 is 1.17. The number of hydrogen-bond donors (Lipinski definition) is 0. The molecule has 0 atom stereocenters. The Kier molecular flexibility index (Phi) is 2.70. The number of carbonyl (C=O) groups excluding carboxylic acids is 1. The molecule has 70 valence electrons. The first-order chi connectivity index (χ1) is 6.86. The van der Waals surface area contributed by atoms with Crippen LogP contribution in [0.2, 0.25) is 0 Å². The van der Waals surface area contributed by atoms with Gasteiger partial charge in [0, 0.05) is 4.90 Å². The molecule has 2 nitrogen and oxygen atoms in total. The first kappa shape index (κ1) is 9.09. The molecule has 0 fully saturated rings. The lowest BCUT2D eigenvalue weighted by molar-refractivity contribution is 0.106. The monoisotopic (exact) mass is 204 g/mol. The molecule has 0 N–H and O–H groups in total. The van der Waals surface area contributed by atoms with E-state index >= 15 is 0 Å². The molecule has 0 aliphatic heterocycles. The van der Waals surface area contributed by atoms with Gasteiger partial charge in [0.1, 0.15) is 0 Å². The van der Waals surface area contributed by atoms with E-state index in [9.17, 15) is 4.79 Å². The summed E-state index contributed by atoms with van der Waals surface area (Å²) in [6.45, 7) is 0. The van der Waals surface area contributed by atoms with Crippen molar-refractivity contribution in [3.8, 4) is 0 Å². The van der Waals surface area contributed by atoms with E-state index in [1.54, 1.807) is 12.1 Å². The Labute approximate surface area is 85.9 Å². The molecule has 0 radical (unpaired) electrons. The highest BCUT2D eigenvalue weighted by atomic mass is 32.2. The molecule has 1 heterocycles. The topological polar surface area (TPSA) is 30.2 Å². The second kappa shape index (κ2) is 4.15. The van der Waals surface area contributed by atoms with Gasteiger partial charge in [0.25, 0.3) is 5.12 Å². The van der Waals surface area contributed by atoms with Gasteiger partial charge < -0.3 is 4.42 Å². The van der Waals surface area contributed by atoms with E-state index in [-0.39, 0.29) is 5.12 Å². The maximum Gasteiger partial charge on any atom is 0.259 e. The fourth-order valence-electron chi connectivity index (χ4n) is 1.04. The van der Waals surface area contributed by atoms with Crippen molar-refractivity contribution < 1.29 is 9.21 Å². The van der Waals surface area contributed by atoms with Gasteiger partial charge in [-0.05, 0) is 36.0 Å². The summed E-state index contributed by atoms with van der Waals surface area (Å²) in [4.78, 5) is 12.5. The highest BCUT2D eigenvalue weighted by Gasteiger charge is 2.09. The van der Waals surface area contributed by atoms with Crippen LogP contribution in [0.4, 0.5) is 0 Å². The van der Waals surface area contributed by atoms with Gasteiger partial charge in [0.15, 0.2) is 5.76 Å². The molecule has 0 unspecified atom stereocenters. The van der Waals surface area contributed by atoms with Crippen molar-refractivity contribution in [1.82, 2.24) is 0 Å². The van der Waals surface area contributed by atoms with Crippen LogP contribution in [0.3, 0.4) is 0 Å². The standard InChI is InChI=1S/C11H8O2S/c12-11(10-7-4-8-13-10)14-9-5-2-1-3-6-9/h1-8H. The number of hydrogen-bond acceptors (Lipinski definition) is 3. The van der Waals surface area contributed by atoms with Gasteiger partial charge in [-0.15, -0.1) is 0 Å². The molecule has 0 amide bonds. The molecular formula is C11H8O2S. The highest BCUT2D eigenvalue weighted by Crippen LogP contribution is 2.22. The normalized spacial score (nSPS) is 10.0. The Balaban J connectivity index is 2.10. The molecular weight excluding hydrogens is 196 g/mol. The third-order valence-corrected chi connectivity index (χ3v) is 2.57. The summed E-state index contributed by atoms with van der Waals surface area (Å²) in [5, 5.41) is -0.0683. The lowest BCUT2D eigenvalue weighted by Gasteiger charge is -1.96. The first-order valence-corrected chi connectivity index (χ1v) is 4.98. The first-order valence-electron chi connectivity index (χ1n) is 4.17. The zero-order valence-corrected chi connectivity index (χ0v) is 8.16. The molecule has 2 rings (SSSR count). The van der Waals surface area contributed by atoms with Gasteiger partial charge in [0.05, 0.1) is 6.26 Å². The van der Waals surface area contributed by atoms with Crippen molar-refractivity contribution in [3.63, 3.8) is 0 Å². The van der Waals surface area contributed by atoms with Crippen molar-refractivity contribution >= 4 is 16.9 Å². The summed E-state index contributed by atoms with van der Waals surface area (Å²) in [5.74, 6) is 0.388. The smallest absolute Gasteiger partial charge is 0.259 e. The van der Waals surface area contributed by atoms with Gasteiger partial charge >= 0.3 is 0 Å². The lowest BCUT2D eigenvalue weighted by atomic mass is 10.4. The van der Waals surface area contributed by atoms with Crippen molar-refractivity contribution in [2.75, 3.05) is 0 Å². The van der Waals surface area contributed by atoms with Crippen LogP contribution < -0.4 is 0 Å². The van der Waals surface area contributed by atoms with Gasteiger partial charge in [0.2, 0.25) is 0 Å². The van der Waals surface area contributed by atoms with Crippen LogP contribution in [0.1, 0.15) is 10.6 Å². The second-order valence-electron chi connectivity index (χ2n) is 2.68. The van der Waals surface area contributed by atoms with Crippen LogP contribution in [-0.2, 0) is 0 Å². The summed E-state index contributed by atoms with van der Waals surface area (Å²) in [7, 11) is 0. The quantitative estimate of drug-likeness (QED) is 0.703. The SMILES string of the molecule is O=C(Sc1ccccc1)c1ccco1. The van der Waals surface area contributed by atoms with Gasteiger partial charge in [-0.2, -0.15) is 0 Å². The zero-order valence-electron chi connectivity index (χ0n) is 7.34. The van der Waals surface area contributed by atoms with Crippen LogP contribution in [0.25, 0.3) is 0 Å². The molecule has 0 aliphatic rings. The summed E-state index contributed by atoms with van der Waals surface area (Å²) in [5.41, 5.74) is 0. The Morgan fingerprint density at radius 3 is 2.50 bits per heavy atom. The van der Waals surface area contributed by atoms with E-state index in [1.165, 1.54) is 18.0 Å². The highest BCUT2D eigenvalue weighted by molar-refractivity contribution is 8.14. The van der Waals surface area contributed by atoms with E-state index < -0.39 is 0 Å². The van der Waals surface area contributed by atoms with E-state index in [0.717, 1.165) is 4.90 Å². The zero-order chi connectivity index (χ0) is 9.80. The average molecular weight is 204 g/mol. The number of thioether (sulfide) groups is 1. The van der Waals surface area contributed by atoms with E-state index in [4.69, 9.17) is 4.42 Å². The van der Waals surface area contributed by atoms with Crippen molar-refractivity contribution in [1.29, 1.82) is 0 Å². The molecule has 2 aromatic rings. The largest absolute Gasteiger partial charge is 0.460 e. The molecule has 3 heteroatoms. The number of furan rings is 1. The Morgan fingerprint density at radius 2 is 1.86 bits per heavy atom. The maximum atomic E-state index is 11.5. The van der Waals surface area contributed by atoms with Crippen LogP contribution >= 0.6 is 11.8 Å². The van der Waals surface area contributed by atoms with Crippen LogP contribution in [0.5, 0.6) is 0 Å².